The van der Waals surface area contributed by atoms with Gasteiger partial charge in [-0.1, -0.05) is 30.3 Å². The Morgan fingerprint density at radius 2 is 2.00 bits per heavy atom. The summed E-state index contributed by atoms with van der Waals surface area (Å²) in [6.07, 6.45) is -1.52. The highest BCUT2D eigenvalue weighted by atomic mass is 19.3. The summed E-state index contributed by atoms with van der Waals surface area (Å²) in [6, 6.07) is 9.20. The Bertz CT molecular complexity index is 375. The quantitative estimate of drug-likeness (QED) is 0.804. The first-order valence-electron chi connectivity index (χ1n) is 5.14. The first-order chi connectivity index (χ1) is 8.18. The molecule has 3 nitrogen and oxygen atoms in total. The highest BCUT2D eigenvalue weighted by molar-refractivity contribution is 5.67. The van der Waals surface area contributed by atoms with Crippen LogP contribution in [0.3, 0.4) is 0 Å². The lowest BCUT2D eigenvalue weighted by atomic mass is 10.2. The molecule has 1 N–H and O–H groups in total. The number of amides is 1. The number of carbonyl (C=O) groups is 1. The molecular formula is C12H13F2NO2. The zero-order valence-electron chi connectivity index (χ0n) is 9.16. The van der Waals surface area contributed by atoms with Gasteiger partial charge in [-0.15, -0.1) is 0 Å². The van der Waals surface area contributed by atoms with Gasteiger partial charge < -0.3 is 10.1 Å². The van der Waals surface area contributed by atoms with Crippen molar-refractivity contribution in [1.29, 1.82) is 0 Å². The molecule has 0 aliphatic carbocycles. The Hall–Kier alpha value is -1.91. The average Bonchev–Trinajstić information content (AvgIpc) is 2.33. The predicted octanol–water partition coefficient (Wildman–Crippen LogP) is 3.08. The van der Waals surface area contributed by atoms with Crippen LogP contribution in [0.4, 0.5) is 13.6 Å². The Morgan fingerprint density at radius 1 is 1.29 bits per heavy atom. The summed E-state index contributed by atoms with van der Waals surface area (Å²) in [6.45, 7) is 0.297. The van der Waals surface area contributed by atoms with Crippen molar-refractivity contribution < 1.29 is 18.3 Å². The lowest BCUT2D eigenvalue weighted by Gasteiger charge is -2.05. The number of nitrogens with one attached hydrogen (secondary N) is 1. The summed E-state index contributed by atoms with van der Waals surface area (Å²) in [4.78, 5) is 11.1. The number of hydrogen-bond acceptors (Lipinski definition) is 2. The van der Waals surface area contributed by atoms with Gasteiger partial charge in [0.1, 0.15) is 6.61 Å². The summed E-state index contributed by atoms with van der Waals surface area (Å²) >= 11 is 0. The van der Waals surface area contributed by atoms with E-state index in [4.69, 9.17) is 4.74 Å². The van der Waals surface area contributed by atoms with Gasteiger partial charge >= 0.3 is 6.09 Å². The van der Waals surface area contributed by atoms with Crippen LogP contribution in [0.25, 0.3) is 0 Å². The van der Waals surface area contributed by atoms with Crippen LogP contribution in [0.1, 0.15) is 12.0 Å². The number of hydrogen-bond donors (Lipinski definition) is 1. The molecule has 1 amide bonds. The molecule has 0 aromatic heterocycles. The van der Waals surface area contributed by atoms with Crippen LogP contribution in [-0.2, 0) is 11.3 Å². The topological polar surface area (TPSA) is 38.3 Å². The van der Waals surface area contributed by atoms with Crippen LogP contribution >= 0.6 is 0 Å². The molecule has 1 aromatic rings. The molecule has 5 heteroatoms. The van der Waals surface area contributed by atoms with Crippen molar-refractivity contribution in [2.24, 2.45) is 0 Å². The molecule has 0 spiro atoms. The Kier molecular flexibility index (Phi) is 5.71. The first kappa shape index (κ1) is 13.2. The van der Waals surface area contributed by atoms with Crippen molar-refractivity contribution in [3.63, 3.8) is 0 Å². The summed E-state index contributed by atoms with van der Waals surface area (Å²) in [7, 11) is 0. The summed E-state index contributed by atoms with van der Waals surface area (Å²) < 4.78 is 28.2. The van der Waals surface area contributed by atoms with Gasteiger partial charge in [0.2, 0.25) is 0 Å². The Balaban J connectivity index is 2.16. The molecule has 0 aliphatic rings. The zero-order valence-corrected chi connectivity index (χ0v) is 9.16. The van der Waals surface area contributed by atoms with Crippen LogP contribution in [-0.4, -0.2) is 12.6 Å². The van der Waals surface area contributed by atoms with Gasteiger partial charge in [0.25, 0.3) is 6.08 Å². The normalized spacial score (nSPS) is 9.53. The minimum atomic E-state index is -1.75. The van der Waals surface area contributed by atoms with E-state index in [2.05, 4.69) is 5.32 Å². The van der Waals surface area contributed by atoms with Gasteiger partial charge in [-0.2, -0.15) is 8.78 Å². The van der Waals surface area contributed by atoms with Gasteiger partial charge in [0, 0.05) is 6.54 Å². The third-order valence-corrected chi connectivity index (χ3v) is 1.93. The molecule has 1 aromatic carbocycles. The van der Waals surface area contributed by atoms with E-state index in [9.17, 15) is 13.6 Å². The van der Waals surface area contributed by atoms with Gasteiger partial charge in [0.05, 0.1) is 0 Å². The van der Waals surface area contributed by atoms with Crippen LogP contribution < -0.4 is 5.32 Å². The summed E-state index contributed by atoms with van der Waals surface area (Å²) in [5.41, 5.74) is 0.873. The fourth-order valence-electron chi connectivity index (χ4n) is 1.13. The van der Waals surface area contributed by atoms with Crippen LogP contribution in [0.2, 0.25) is 0 Å². The second-order valence-electron chi connectivity index (χ2n) is 3.27. The SMILES string of the molecule is O=C(NCCC=C(F)F)OCc1ccccc1. The van der Waals surface area contributed by atoms with E-state index < -0.39 is 12.2 Å². The minimum absolute atomic E-state index is 0.0861. The lowest BCUT2D eigenvalue weighted by molar-refractivity contribution is 0.140. The molecule has 0 heterocycles. The fraction of sp³-hybridized carbons (Fsp3) is 0.250. The van der Waals surface area contributed by atoms with E-state index in [1.54, 1.807) is 0 Å². The van der Waals surface area contributed by atoms with Crippen LogP contribution in [0, 0.1) is 0 Å². The van der Waals surface area contributed by atoms with Gasteiger partial charge in [-0.25, -0.2) is 4.79 Å². The third kappa shape index (κ3) is 6.29. The maximum absolute atomic E-state index is 11.6. The van der Waals surface area contributed by atoms with Gasteiger partial charge in [-0.3, -0.25) is 0 Å². The molecule has 0 fully saturated rings. The number of halogens is 2. The number of alkyl carbamates (subject to hydrolysis) is 1. The minimum Gasteiger partial charge on any atom is -0.445 e. The highest BCUT2D eigenvalue weighted by Gasteiger charge is 2.00. The number of rotatable bonds is 5. The molecule has 0 radical (unpaired) electrons. The number of ether oxygens (including phenoxy) is 1. The maximum atomic E-state index is 11.6. The molecule has 0 unspecified atom stereocenters. The second-order valence-corrected chi connectivity index (χ2v) is 3.27. The van der Waals surface area contributed by atoms with Crippen molar-refractivity contribution in [2.75, 3.05) is 6.54 Å². The first-order valence-corrected chi connectivity index (χ1v) is 5.14. The molecule has 0 saturated carbocycles. The largest absolute Gasteiger partial charge is 0.445 e. The van der Waals surface area contributed by atoms with Crippen LogP contribution in [0.15, 0.2) is 42.5 Å². The molecule has 0 atom stereocenters. The van der Waals surface area contributed by atoms with Crippen molar-refractivity contribution in [3.05, 3.63) is 48.1 Å². The van der Waals surface area contributed by atoms with E-state index >= 15 is 0 Å². The summed E-state index contributed by atoms with van der Waals surface area (Å²) in [5, 5.41) is 2.37. The van der Waals surface area contributed by atoms with E-state index in [0.29, 0.717) is 0 Å². The number of carbonyl (C=O) groups excluding carboxylic acids is 1. The molecule has 0 bridgehead atoms. The fourth-order valence-corrected chi connectivity index (χ4v) is 1.13. The smallest absolute Gasteiger partial charge is 0.407 e. The highest BCUT2D eigenvalue weighted by Crippen LogP contribution is 2.01. The van der Waals surface area contributed by atoms with Crippen molar-refractivity contribution in [3.8, 4) is 0 Å². The van der Waals surface area contributed by atoms with E-state index in [1.165, 1.54) is 0 Å². The lowest BCUT2D eigenvalue weighted by Crippen LogP contribution is -2.24. The van der Waals surface area contributed by atoms with Crippen LogP contribution in [0.5, 0.6) is 0 Å². The molecule has 1 rings (SSSR count). The van der Waals surface area contributed by atoms with Crippen molar-refractivity contribution in [1.82, 2.24) is 5.32 Å². The predicted molar refractivity (Wildman–Crippen MR) is 59.5 cm³/mol. The standard InChI is InChI=1S/C12H13F2NO2/c13-11(14)7-4-8-15-12(16)17-9-10-5-2-1-3-6-10/h1-3,5-7H,4,8-9H2,(H,15,16). The van der Waals surface area contributed by atoms with Gasteiger partial charge in [-0.05, 0) is 18.1 Å². The molecule has 0 saturated heterocycles. The molecule has 17 heavy (non-hydrogen) atoms. The Morgan fingerprint density at radius 3 is 2.65 bits per heavy atom. The van der Waals surface area contributed by atoms with Crippen molar-refractivity contribution in [2.45, 2.75) is 13.0 Å². The third-order valence-electron chi connectivity index (χ3n) is 1.93. The zero-order chi connectivity index (χ0) is 12.5. The summed E-state index contributed by atoms with van der Waals surface area (Å²) in [5.74, 6) is 0. The molecule has 0 aliphatic heterocycles. The van der Waals surface area contributed by atoms with Crippen molar-refractivity contribution >= 4 is 6.09 Å². The van der Waals surface area contributed by atoms with Gasteiger partial charge in [0.15, 0.2) is 0 Å². The van der Waals surface area contributed by atoms with E-state index in [1.807, 2.05) is 30.3 Å². The average molecular weight is 241 g/mol. The second kappa shape index (κ2) is 7.38. The Labute approximate surface area is 98.1 Å². The maximum Gasteiger partial charge on any atom is 0.407 e. The van der Waals surface area contributed by atoms with E-state index in [-0.39, 0.29) is 19.6 Å². The van der Waals surface area contributed by atoms with E-state index in [0.717, 1.165) is 11.6 Å². The molecular weight excluding hydrogens is 228 g/mol. The molecule has 92 valence electrons. The number of benzene rings is 1. The monoisotopic (exact) mass is 241 g/mol.